The van der Waals surface area contributed by atoms with E-state index in [9.17, 15) is 13.6 Å². The van der Waals surface area contributed by atoms with Crippen molar-refractivity contribution >= 4 is 28.6 Å². The number of thiophene rings is 2. The van der Waals surface area contributed by atoms with Crippen molar-refractivity contribution < 1.29 is 13.6 Å². The Labute approximate surface area is 140 Å². The lowest BCUT2D eigenvalue weighted by molar-refractivity contribution is 0.0946. The summed E-state index contributed by atoms with van der Waals surface area (Å²) in [5, 5.41) is 4.59. The minimum absolute atomic E-state index is 0.330. The van der Waals surface area contributed by atoms with Gasteiger partial charge in [0.05, 0.1) is 0 Å². The van der Waals surface area contributed by atoms with Crippen molar-refractivity contribution in [2.75, 3.05) is 6.54 Å². The average Bonchev–Trinajstić information content (AvgIpc) is 3.18. The standard InChI is InChI=1S/C17H13F2NOS2/c18-12-3-1-4-13(19)16(12)17(21)20-9-8-11-6-7-15(23-11)14-5-2-10-22-14/h1-7,10H,8-9H2,(H,20,21). The van der Waals surface area contributed by atoms with Crippen molar-refractivity contribution in [2.45, 2.75) is 6.42 Å². The second-order valence-corrected chi connectivity index (χ2v) is 6.96. The maximum atomic E-state index is 13.5. The zero-order valence-corrected chi connectivity index (χ0v) is 13.6. The second-order valence-electron chi connectivity index (χ2n) is 4.85. The lowest BCUT2D eigenvalue weighted by Gasteiger charge is -2.06. The smallest absolute Gasteiger partial charge is 0.257 e. The molecule has 0 aliphatic carbocycles. The fourth-order valence-corrected chi connectivity index (χ4v) is 4.01. The van der Waals surface area contributed by atoms with E-state index in [-0.39, 0.29) is 0 Å². The molecule has 0 aliphatic heterocycles. The van der Waals surface area contributed by atoms with Gasteiger partial charge in [0.15, 0.2) is 0 Å². The Kier molecular flexibility index (Phi) is 4.83. The molecule has 0 fully saturated rings. The number of amides is 1. The van der Waals surface area contributed by atoms with Gasteiger partial charge in [-0.25, -0.2) is 8.78 Å². The van der Waals surface area contributed by atoms with Crippen LogP contribution in [0.25, 0.3) is 9.75 Å². The van der Waals surface area contributed by atoms with E-state index < -0.39 is 23.1 Å². The van der Waals surface area contributed by atoms with E-state index in [4.69, 9.17) is 0 Å². The van der Waals surface area contributed by atoms with Gasteiger partial charge in [-0.05, 0) is 42.1 Å². The number of rotatable bonds is 5. The van der Waals surface area contributed by atoms with Crippen LogP contribution in [-0.4, -0.2) is 12.5 Å². The van der Waals surface area contributed by atoms with E-state index in [0.717, 1.165) is 17.0 Å². The molecule has 0 spiro atoms. The Morgan fingerprint density at radius 2 is 1.78 bits per heavy atom. The van der Waals surface area contributed by atoms with Crippen molar-refractivity contribution in [1.82, 2.24) is 5.32 Å². The summed E-state index contributed by atoms with van der Waals surface area (Å²) in [5.41, 5.74) is -0.530. The van der Waals surface area contributed by atoms with Gasteiger partial charge < -0.3 is 5.32 Å². The number of nitrogens with one attached hydrogen (secondary N) is 1. The van der Waals surface area contributed by atoms with Crippen molar-refractivity contribution in [2.24, 2.45) is 0 Å². The van der Waals surface area contributed by atoms with Crippen LogP contribution >= 0.6 is 22.7 Å². The summed E-state index contributed by atoms with van der Waals surface area (Å²) in [6.07, 6.45) is 0.623. The van der Waals surface area contributed by atoms with Gasteiger partial charge >= 0.3 is 0 Å². The SMILES string of the molecule is O=C(NCCc1ccc(-c2cccs2)s1)c1c(F)cccc1F. The van der Waals surface area contributed by atoms with E-state index in [0.29, 0.717) is 13.0 Å². The highest BCUT2D eigenvalue weighted by atomic mass is 32.1. The molecule has 1 N–H and O–H groups in total. The molecule has 118 valence electrons. The lowest BCUT2D eigenvalue weighted by atomic mass is 10.2. The van der Waals surface area contributed by atoms with Crippen LogP contribution in [0, 0.1) is 11.6 Å². The van der Waals surface area contributed by atoms with Crippen LogP contribution in [0.15, 0.2) is 47.8 Å². The third-order valence-electron chi connectivity index (χ3n) is 3.27. The fraction of sp³-hybridized carbons (Fsp3) is 0.118. The molecule has 1 amide bonds. The molecule has 1 aromatic carbocycles. The van der Waals surface area contributed by atoms with E-state index >= 15 is 0 Å². The van der Waals surface area contributed by atoms with Gasteiger partial charge in [-0.15, -0.1) is 22.7 Å². The zero-order valence-electron chi connectivity index (χ0n) is 12.0. The average molecular weight is 349 g/mol. The highest BCUT2D eigenvalue weighted by Gasteiger charge is 2.16. The van der Waals surface area contributed by atoms with Crippen LogP contribution in [0.4, 0.5) is 8.78 Å². The van der Waals surface area contributed by atoms with E-state index in [1.54, 1.807) is 22.7 Å². The molecular formula is C17H13F2NOS2. The summed E-state index contributed by atoms with van der Waals surface area (Å²) >= 11 is 3.33. The second kappa shape index (κ2) is 7.02. The first-order valence-corrected chi connectivity index (χ1v) is 8.69. The predicted octanol–water partition coefficient (Wildman–Crippen LogP) is 4.73. The maximum absolute atomic E-state index is 13.5. The van der Waals surface area contributed by atoms with Crippen molar-refractivity contribution in [3.05, 3.63) is 69.9 Å². The molecule has 0 bridgehead atoms. The summed E-state index contributed by atoms with van der Waals surface area (Å²) < 4.78 is 27.0. The summed E-state index contributed by atoms with van der Waals surface area (Å²) in [6.45, 7) is 0.330. The molecule has 2 aromatic heterocycles. The molecular weight excluding hydrogens is 336 g/mol. The fourth-order valence-electron chi connectivity index (χ4n) is 2.17. The number of hydrogen-bond donors (Lipinski definition) is 1. The molecule has 0 radical (unpaired) electrons. The molecule has 3 rings (SSSR count). The van der Waals surface area contributed by atoms with Crippen LogP contribution < -0.4 is 5.32 Å². The van der Waals surface area contributed by atoms with E-state index in [2.05, 4.69) is 11.4 Å². The number of carbonyl (C=O) groups is 1. The van der Waals surface area contributed by atoms with Gasteiger partial charge in [0, 0.05) is 21.2 Å². The van der Waals surface area contributed by atoms with E-state index in [1.807, 2.05) is 23.6 Å². The molecule has 3 aromatic rings. The van der Waals surface area contributed by atoms with Gasteiger partial charge in [0.1, 0.15) is 17.2 Å². The molecule has 0 saturated heterocycles. The molecule has 6 heteroatoms. The van der Waals surface area contributed by atoms with Crippen LogP contribution in [0.2, 0.25) is 0 Å². The van der Waals surface area contributed by atoms with E-state index in [1.165, 1.54) is 15.8 Å². The normalized spacial score (nSPS) is 10.7. The van der Waals surface area contributed by atoms with Gasteiger partial charge in [0.25, 0.3) is 5.91 Å². The van der Waals surface area contributed by atoms with Gasteiger partial charge in [-0.3, -0.25) is 4.79 Å². The summed E-state index contributed by atoms with van der Waals surface area (Å²) in [4.78, 5) is 15.4. The number of benzene rings is 1. The Bertz CT molecular complexity index is 792. The van der Waals surface area contributed by atoms with Gasteiger partial charge in [-0.2, -0.15) is 0 Å². The Morgan fingerprint density at radius 1 is 1.00 bits per heavy atom. The number of carbonyl (C=O) groups excluding carboxylic acids is 1. The van der Waals surface area contributed by atoms with Crippen molar-refractivity contribution in [3.8, 4) is 9.75 Å². The van der Waals surface area contributed by atoms with Gasteiger partial charge in [0.2, 0.25) is 0 Å². The van der Waals surface area contributed by atoms with Crippen LogP contribution in [-0.2, 0) is 6.42 Å². The van der Waals surface area contributed by atoms with Crippen LogP contribution in [0.3, 0.4) is 0 Å². The lowest BCUT2D eigenvalue weighted by Crippen LogP contribution is -2.27. The first-order valence-electron chi connectivity index (χ1n) is 7.00. The Morgan fingerprint density at radius 3 is 2.48 bits per heavy atom. The van der Waals surface area contributed by atoms with Crippen LogP contribution in [0.1, 0.15) is 15.2 Å². The Balaban J connectivity index is 1.58. The maximum Gasteiger partial charge on any atom is 0.257 e. The third-order valence-corrected chi connectivity index (χ3v) is 5.48. The molecule has 23 heavy (non-hydrogen) atoms. The monoisotopic (exact) mass is 349 g/mol. The predicted molar refractivity (Wildman–Crippen MR) is 90.0 cm³/mol. The van der Waals surface area contributed by atoms with Crippen LogP contribution in [0.5, 0.6) is 0 Å². The molecule has 0 aliphatic rings. The largest absolute Gasteiger partial charge is 0.351 e. The topological polar surface area (TPSA) is 29.1 Å². The first kappa shape index (κ1) is 15.8. The number of hydrogen-bond acceptors (Lipinski definition) is 3. The molecule has 2 heterocycles. The Hall–Kier alpha value is -2.05. The molecule has 2 nitrogen and oxygen atoms in total. The molecule has 0 atom stereocenters. The highest BCUT2D eigenvalue weighted by Crippen LogP contribution is 2.31. The quantitative estimate of drug-likeness (QED) is 0.709. The summed E-state index contributed by atoms with van der Waals surface area (Å²) in [7, 11) is 0. The molecule has 0 unspecified atom stereocenters. The first-order chi connectivity index (χ1) is 11.1. The minimum Gasteiger partial charge on any atom is -0.351 e. The minimum atomic E-state index is -0.849. The molecule has 0 saturated carbocycles. The third kappa shape index (κ3) is 3.65. The highest BCUT2D eigenvalue weighted by molar-refractivity contribution is 7.21. The summed E-state index contributed by atoms with van der Waals surface area (Å²) in [6, 6.07) is 11.5. The number of halogens is 2. The zero-order chi connectivity index (χ0) is 16.2. The van der Waals surface area contributed by atoms with Crippen molar-refractivity contribution in [1.29, 1.82) is 0 Å². The van der Waals surface area contributed by atoms with Crippen molar-refractivity contribution in [3.63, 3.8) is 0 Å². The summed E-state index contributed by atoms with van der Waals surface area (Å²) in [5.74, 6) is -2.42. The van der Waals surface area contributed by atoms with Gasteiger partial charge in [-0.1, -0.05) is 12.1 Å².